The van der Waals surface area contributed by atoms with Crippen molar-refractivity contribution >= 4 is 17.1 Å². The van der Waals surface area contributed by atoms with Gasteiger partial charge >= 0.3 is 0 Å². The minimum Gasteiger partial charge on any atom is -0.497 e. The molecular formula is C21H26FNO2S. The Morgan fingerprint density at radius 2 is 1.77 bits per heavy atom. The molecule has 0 heterocycles. The molecular weight excluding hydrogens is 349 g/mol. The molecule has 140 valence electrons. The summed E-state index contributed by atoms with van der Waals surface area (Å²) in [5.41, 5.74) is 1.71. The lowest BCUT2D eigenvalue weighted by Gasteiger charge is -2.23. The Morgan fingerprint density at radius 3 is 2.31 bits per heavy atom. The van der Waals surface area contributed by atoms with E-state index in [0.717, 1.165) is 16.9 Å². The van der Waals surface area contributed by atoms with Crippen LogP contribution in [-0.4, -0.2) is 22.1 Å². The summed E-state index contributed by atoms with van der Waals surface area (Å²) in [4.78, 5) is 0. The summed E-state index contributed by atoms with van der Waals surface area (Å²) in [5.74, 6) is 0.368. The quantitative estimate of drug-likeness (QED) is 0.764. The topological polar surface area (TPSA) is 38.3 Å². The molecule has 2 atom stereocenters. The lowest BCUT2D eigenvalue weighted by Crippen LogP contribution is -2.41. The van der Waals surface area contributed by atoms with Gasteiger partial charge in [0.2, 0.25) is 0 Å². The van der Waals surface area contributed by atoms with E-state index in [4.69, 9.17) is 4.74 Å². The number of hydrogen-bond acceptors (Lipinski definition) is 2. The van der Waals surface area contributed by atoms with Gasteiger partial charge in [0.1, 0.15) is 11.6 Å². The first-order chi connectivity index (χ1) is 12.3. The molecule has 1 N–H and O–H groups in total. The van der Waals surface area contributed by atoms with Crippen LogP contribution in [0.4, 0.5) is 4.39 Å². The van der Waals surface area contributed by atoms with Gasteiger partial charge in [-0.1, -0.05) is 42.5 Å². The van der Waals surface area contributed by atoms with Crippen molar-refractivity contribution in [1.29, 1.82) is 0 Å². The molecule has 5 heteroatoms. The van der Waals surface area contributed by atoms with E-state index in [1.807, 2.05) is 51.1 Å². The molecule has 2 rings (SSSR count). The molecule has 0 bridgehead atoms. The van der Waals surface area contributed by atoms with Crippen LogP contribution in [0, 0.1) is 0 Å². The van der Waals surface area contributed by atoms with Crippen LogP contribution in [0.2, 0.25) is 0 Å². The van der Waals surface area contributed by atoms with Crippen LogP contribution in [0.1, 0.15) is 31.9 Å². The van der Waals surface area contributed by atoms with Crippen LogP contribution in [0.15, 0.2) is 60.4 Å². The van der Waals surface area contributed by atoms with Crippen molar-refractivity contribution in [3.8, 4) is 5.75 Å². The molecule has 0 amide bonds. The van der Waals surface area contributed by atoms with Crippen molar-refractivity contribution in [2.45, 2.75) is 38.0 Å². The second kappa shape index (κ2) is 9.10. The maximum Gasteiger partial charge on any atom is 0.119 e. The van der Waals surface area contributed by atoms with Gasteiger partial charge in [0.15, 0.2) is 0 Å². The Labute approximate surface area is 157 Å². The molecule has 0 radical (unpaired) electrons. The van der Waals surface area contributed by atoms with E-state index in [2.05, 4.69) is 4.72 Å². The Morgan fingerprint density at radius 1 is 1.15 bits per heavy atom. The van der Waals surface area contributed by atoms with Gasteiger partial charge in [-0.15, -0.1) is 0 Å². The van der Waals surface area contributed by atoms with Crippen LogP contribution >= 0.6 is 0 Å². The standard InChI is InChI=1S/C21H26FNO2S/c1-21(2,3)26(24)23-20(15-16-8-6-5-7-9-16)19(22)14-17-10-12-18(25-4)13-11-17/h5-14,20,23H,15H2,1-4H3/b19-14-/t20-,26?/m1/s1. The molecule has 0 spiro atoms. The Kier molecular flexibility index (Phi) is 7.12. The van der Waals surface area contributed by atoms with Crippen molar-refractivity contribution in [2.24, 2.45) is 0 Å². The number of benzene rings is 2. The van der Waals surface area contributed by atoms with Gasteiger partial charge in [0, 0.05) is 0 Å². The van der Waals surface area contributed by atoms with Crippen LogP contribution in [-0.2, 0) is 17.4 Å². The zero-order valence-corrected chi connectivity index (χ0v) is 16.5. The normalized spacial score (nSPS) is 14.7. The summed E-state index contributed by atoms with van der Waals surface area (Å²) in [6.07, 6.45) is 1.89. The third-order valence-electron chi connectivity index (χ3n) is 3.84. The monoisotopic (exact) mass is 375 g/mol. The third-order valence-corrected chi connectivity index (χ3v) is 5.45. The zero-order chi connectivity index (χ0) is 19.2. The Balaban J connectivity index is 2.25. The highest BCUT2D eigenvalue weighted by Gasteiger charge is 2.25. The predicted octanol–water partition coefficient (Wildman–Crippen LogP) is 4.67. The molecule has 2 aromatic carbocycles. The summed E-state index contributed by atoms with van der Waals surface area (Å²) in [7, 11) is 0.215. The van der Waals surface area contributed by atoms with Gasteiger partial charge in [-0.2, -0.15) is 0 Å². The lowest BCUT2D eigenvalue weighted by atomic mass is 10.0. The minimum absolute atomic E-state index is 0.350. The van der Waals surface area contributed by atoms with E-state index in [0.29, 0.717) is 6.42 Å². The smallest absolute Gasteiger partial charge is 0.119 e. The first kappa shape index (κ1) is 20.3. The molecule has 1 unspecified atom stereocenters. The van der Waals surface area contributed by atoms with Crippen molar-refractivity contribution in [3.05, 3.63) is 71.6 Å². The zero-order valence-electron chi connectivity index (χ0n) is 15.7. The van der Waals surface area contributed by atoms with Gasteiger partial charge in [-0.25, -0.2) is 13.3 Å². The summed E-state index contributed by atoms with van der Waals surface area (Å²) in [6.45, 7) is 5.59. The Hall–Kier alpha value is -1.98. The first-order valence-corrected chi connectivity index (χ1v) is 9.67. The molecule has 0 aliphatic carbocycles. The van der Waals surface area contributed by atoms with Gasteiger partial charge < -0.3 is 4.74 Å². The lowest BCUT2D eigenvalue weighted by molar-refractivity contribution is 0.415. The fourth-order valence-electron chi connectivity index (χ4n) is 2.31. The van der Waals surface area contributed by atoms with E-state index in [1.54, 1.807) is 31.4 Å². The maximum absolute atomic E-state index is 15.0. The fourth-order valence-corrected chi connectivity index (χ4v) is 3.12. The highest BCUT2D eigenvalue weighted by atomic mass is 32.2. The number of hydrogen-bond donors (Lipinski definition) is 1. The van der Waals surface area contributed by atoms with Crippen LogP contribution < -0.4 is 9.46 Å². The largest absolute Gasteiger partial charge is 0.497 e. The molecule has 26 heavy (non-hydrogen) atoms. The average molecular weight is 376 g/mol. The van der Waals surface area contributed by atoms with E-state index < -0.39 is 21.8 Å². The van der Waals surface area contributed by atoms with E-state index in [1.165, 1.54) is 6.08 Å². The predicted molar refractivity (Wildman–Crippen MR) is 107 cm³/mol. The Bertz CT molecular complexity index is 752. The van der Waals surface area contributed by atoms with Crippen molar-refractivity contribution in [1.82, 2.24) is 4.72 Å². The molecule has 0 fully saturated rings. The first-order valence-electron chi connectivity index (χ1n) is 8.52. The fraction of sp³-hybridized carbons (Fsp3) is 0.333. The number of nitrogens with one attached hydrogen (secondary N) is 1. The van der Waals surface area contributed by atoms with Gasteiger partial charge in [0.25, 0.3) is 0 Å². The molecule has 0 aromatic heterocycles. The highest BCUT2D eigenvalue weighted by molar-refractivity contribution is 7.84. The van der Waals surface area contributed by atoms with Crippen molar-refractivity contribution < 1.29 is 13.3 Å². The second-order valence-electron chi connectivity index (χ2n) is 7.04. The summed E-state index contributed by atoms with van der Waals surface area (Å²) in [5, 5.41) is 0. The number of methoxy groups -OCH3 is 1. The van der Waals surface area contributed by atoms with Crippen LogP contribution in [0.3, 0.4) is 0 Å². The van der Waals surface area contributed by atoms with Crippen molar-refractivity contribution in [2.75, 3.05) is 7.11 Å². The number of rotatable bonds is 7. The average Bonchev–Trinajstić information content (AvgIpc) is 2.61. The van der Waals surface area contributed by atoms with E-state index in [-0.39, 0.29) is 5.83 Å². The maximum atomic E-state index is 15.0. The van der Waals surface area contributed by atoms with Crippen molar-refractivity contribution in [3.63, 3.8) is 0 Å². The van der Waals surface area contributed by atoms with E-state index in [9.17, 15) is 4.21 Å². The second-order valence-corrected chi connectivity index (χ2v) is 9.04. The summed E-state index contributed by atoms with van der Waals surface area (Å²) < 4.78 is 35.1. The van der Waals surface area contributed by atoms with Gasteiger partial charge in [-0.3, -0.25) is 0 Å². The third kappa shape index (κ3) is 6.07. The molecule has 3 nitrogen and oxygen atoms in total. The number of ether oxygens (including phenoxy) is 1. The van der Waals surface area contributed by atoms with Crippen LogP contribution in [0.25, 0.3) is 6.08 Å². The molecule has 0 saturated carbocycles. The SMILES string of the molecule is COc1ccc(/C=C(\F)[C@@H](Cc2ccccc2)NS(=O)C(C)(C)C)cc1. The molecule has 2 aromatic rings. The molecule has 0 saturated heterocycles. The molecule has 0 aliphatic heterocycles. The summed E-state index contributed by atoms with van der Waals surface area (Å²) in [6, 6.07) is 16.1. The number of halogens is 1. The summed E-state index contributed by atoms with van der Waals surface area (Å²) >= 11 is 0. The minimum atomic E-state index is -1.38. The van der Waals surface area contributed by atoms with Gasteiger partial charge in [-0.05, 0) is 56.5 Å². The van der Waals surface area contributed by atoms with E-state index >= 15 is 4.39 Å². The highest BCUT2D eigenvalue weighted by Crippen LogP contribution is 2.20. The molecule has 0 aliphatic rings. The van der Waals surface area contributed by atoms with Crippen LogP contribution in [0.5, 0.6) is 5.75 Å². The van der Waals surface area contributed by atoms with Gasteiger partial charge in [0.05, 0.1) is 28.9 Å².